The number of anilines is 2. The Kier molecular flexibility index (Phi) is 5.11. The van der Waals surface area contributed by atoms with Crippen molar-refractivity contribution in [1.29, 1.82) is 0 Å². The Balaban J connectivity index is 2.29. The third kappa shape index (κ3) is 4.16. The Labute approximate surface area is 125 Å². The molecule has 0 amide bonds. The van der Waals surface area contributed by atoms with Gasteiger partial charge in [-0.2, -0.15) is 0 Å². The van der Waals surface area contributed by atoms with Crippen molar-refractivity contribution in [3.05, 3.63) is 47.8 Å². The number of hydrogen-bond donors (Lipinski definition) is 2. The highest BCUT2D eigenvalue weighted by Gasteiger charge is 2.13. The van der Waals surface area contributed by atoms with Crippen molar-refractivity contribution in [2.24, 2.45) is 0 Å². The lowest BCUT2D eigenvalue weighted by Gasteiger charge is -2.24. The van der Waals surface area contributed by atoms with Crippen LogP contribution in [0.25, 0.3) is 0 Å². The highest BCUT2D eigenvalue weighted by Crippen LogP contribution is 2.20. The molecule has 112 valence electrons. The fourth-order valence-corrected chi connectivity index (χ4v) is 2.09. The number of nitrogens with zero attached hydrogens (tertiary/aromatic N) is 3. The Bertz CT molecular complexity index is 572. The second kappa shape index (κ2) is 7.04. The predicted molar refractivity (Wildman–Crippen MR) is 85.1 cm³/mol. The summed E-state index contributed by atoms with van der Waals surface area (Å²) in [6.07, 6.45) is 0. The third-order valence-electron chi connectivity index (χ3n) is 3.18. The van der Waals surface area contributed by atoms with E-state index in [-0.39, 0.29) is 12.5 Å². The maximum absolute atomic E-state index is 9.31. The van der Waals surface area contributed by atoms with Gasteiger partial charge in [-0.15, -0.1) is 0 Å². The molecule has 1 aromatic carbocycles. The van der Waals surface area contributed by atoms with Crippen LogP contribution in [0.3, 0.4) is 0 Å². The second-order valence-corrected chi connectivity index (χ2v) is 5.29. The molecule has 5 nitrogen and oxygen atoms in total. The van der Waals surface area contributed by atoms with E-state index in [4.69, 9.17) is 5.73 Å². The van der Waals surface area contributed by atoms with Gasteiger partial charge >= 0.3 is 0 Å². The maximum atomic E-state index is 9.31. The van der Waals surface area contributed by atoms with Gasteiger partial charge < -0.3 is 15.7 Å². The van der Waals surface area contributed by atoms with Crippen LogP contribution in [0.15, 0.2) is 36.4 Å². The summed E-state index contributed by atoms with van der Waals surface area (Å²) in [4.78, 5) is 10.8. The lowest BCUT2D eigenvalue weighted by molar-refractivity contribution is 0.301. The van der Waals surface area contributed by atoms with Crippen molar-refractivity contribution in [3.63, 3.8) is 0 Å². The minimum absolute atomic E-state index is 0.0632. The molecule has 0 aliphatic rings. The molecule has 5 heteroatoms. The smallest absolute Gasteiger partial charge is 0.135 e. The largest absolute Gasteiger partial charge is 0.395 e. The molecular weight excluding hydrogens is 264 g/mol. The van der Waals surface area contributed by atoms with Gasteiger partial charge in [0.2, 0.25) is 0 Å². The zero-order valence-corrected chi connectivity index (χ0v) is 12.5. The van der Waals surface area contributed by atoms with Crippen LogP contribution in [0.2, 0.25) is 0 Å². The molecule has 0 radical (unpaired) electrons. The molecule has 1 heterocycles. The van der Waals surface area contributed by atoms with Crippen molar-refractivity contribution in [3.8, 4) is 0 Å². The first-order chi connectivity index (χ1) is 10.1. The number of nitrogens with two attached hydrogens (primary N) is 1. The van der Waals surface area contributed by atoms with Gasteiger partial charge in [-0.05, 0) is 5.56 Å². The van der Waals surface area contributed by atoms with E-state index in [0.717, 1.165) is 17.2 Å². The predicted octanol–water partition coefficient (Wildman–Crippen LogP) is 2.18. The van der Waals surface area contributed by atoms with Gasteiger partial charge in [0.25, 0.3) is 0 Å². The Morgan fingerprint density at radius 3 is 2.52 bits per heavy atom. The van der Waals surface area contributed by atoms with Crippen LogP contribution in [-0.2, 0) is 6.54 Å². The summed E-state index contributed by atoms with van der Waals surface area (Å²) in [7, 11) is 0. The number of aliphatic hydroxyl groups is 1. The summed E-state index contributed by atoms with van der Waals surface area (Å²) in [5.41, 5.74) is 7.05. The number of rotatable bonds is 6. The van der Waals surface area contributed by atoms with Crippen molar-refractivity contribution >= 4 is 11.6 Å². The molecule has 0 spiro atoms. The minimum atomic E-state index is 0.0632. The average Bonchev–Trinajstić information content (AvgIpc) is 2.47. The monoisotopic (exact) mass is 286 g/mol. The van der Waals surface area contributed by atoms with E-state index in [0.29, 0.717) is 18.9 Å². The molecular formula is C16H22N4O. The zero-order chi connectivity index (χ0) is 15.2. The fourth-order valence-electron chi connectivity index (χ4n) is 2.09. The van der Waals surface area contributed by atoms with E-state index < -0.39 is 0 Å². The summed E-state index contributed by atoms with van der Waals surface area (Å²) in [5.74, 6) is 2.14. The van der Waals surface area contributed by atoms with E-state index >= 15 is 0 Å². The van der Waals surface area contributed by atoms with Gasteiger partial charge in [0.1, 0.15) is 17.5 Å². The van der Waals surface area contributed by atoms with Gasteiger partial charge in [0, 0.05) is 25.1 Å². The average molecular weight is 286 g/mol. The van der Waals surface area contributed by atoms with E-state index in [1.165, 1.54) is 0 Å². The first kappa shape index (κ1) is 15.3. The lowest BCUT2D eigenvalue weighted by Crippen LogP contribution is -2.27. The zero-order valence-electron chi connectivity index (χ0n) is 12.5. The summed E-state index contributed by atoms with van der Waals surface area (Å²) >= 11 is 0. The fraction of sp³-hybridized carbons (Fsp3) is 0.375. The molecule has 0 aliphatic carbocycles. The minimum Gasteiger partial charge on any atom is -0.395 e. The van der Waals surface area contributed by atoms with Crippen molar-refractivity contribution in [1.82, 2.24) is 9.97 Å². The summed E-state index contributed by atoms with van der Waals surface area (Å²) < 4.78 is 0. The molecule has 0 saturated carbocycles. The first-order valence-electron chi connectivity index (χ1n) is 7.14. The van der Waals surface area contributed by atoms with Crippen LogP contribution in [0.5, 0.6) is 0 Å². The molecule has 0 bridgehead atoms. The Morgan fingerprint density at radius 1 is 1.19 bits per heavy atom. The molecule has 21 heavy (non-hydrogen) atoms. The van der Waals surface area contributed by atoms with E-state index in [9.17, 15) is 5.11 Å². The second-order valence-electron chi connectivity index (χ2n) is 5.29. The van der Waals surface area contributed by atoms with Crippen LogP contribution in [0.1, 0.15) is 31.2 Å². The number of hydrogen-bond acceptors (Lipinski definition) is 5. The van der Waals surface area contributed by atoms with Crippen LogP contribution in [-0.4, -0.2) is 28.2 Å². The van der Waals surface area contributed by atoms with Gasteiger partial charge in [-0.3, -0.25) is 0 Å². The lowest BCUT2D eigenvalue weighted by atomic mass is 10.2. The van der Waals surface area contributed by atoms with E-state index in [1.807, 2.05) is 36.9 Å². The van der Waals surface area contributed by atoms with Gasteiger partial charge in [-0.1, -0.05) is 44.2 Å². The number of benzene rings is 1. The molecule has 0 unspecified atom stereocenters. The SMILES string of the molecule is CC(C)c1nc(N)cc(N(CCO)Cc2ccccc2)n1. The first-order valence-corrected chi connectivity index (χ1v) is 7.14. The van der Waals surface area contributed by atoms with Crippen molar-refractivity contribution in [2.45, 2.75) is 26.3 Å². The quantitative estimate of drug-likeness (QED) is 0.851. The molecule has 0 fully saturated rings. The standard InChI is InChI=1S/C16H22N4O/c1-12(2)16-18-14(17)10-15(19-16)20(8-9-21)11-13-6-4-3-5-7-13/h3-7,10,12,21H,8-9,11H2,1-2H3,(H2,17,18,19). The van der Waals surface area contributed by atoms with Crippen LogP contribution in [0, 0.1) is 0 Å². The van der Waals surface area contributed by atoms with Crippen LogP contribution in [0.4, 0.5) is 11.6 Å². The third-order valence-corrected chi connectivity index (χ3v) is 3.18. The Morgan fingerprint density at radius 2 is 1.90 bits per heavy atom. The topological polar surface area (TPSA) is 75.3 Å². The highest BCUT2D eigenvalue weighted by molar-refractivity contribution is 5.47. The number of nitrogen functional groups attached to an aromatic ring is 1. The molecule has 0 saturated heterocycles. The van der Waals surface area contributed by atoms with Crippen molar-refractivity contribution in [2.75, 3.05) is 23.8 Å². The molecule has 1 aromatic heterocycles. The van der Waals surface area contributed by atoms with Gasteiger partial charge in [-0.25, -0.2) is 9.97 Å². The van der Waals surface area contributed by atoms with E-state index in [2.05, 4.69) is 22.1 Å². The summed E-state index contributed by atoms with van der Waals surface area (Å²) in [6.45, 7) is 5.31. The highest BCUT2D eigenvalue weighted by atomic mass is 16.3. The molecule has 3 N–H and O–H groups in total. The molecule has 0 atom stereocenters. The Hall–Kier alpha value is -2.14. The maximum Gasteiger partial charge on any atom is 0.135 e. The number of aliphatic hydroxyl groups excluding tert-OH is 1. The summed E-state index contributed by atoms with van der Waals surface area (Å²) in [6, 6.07) is 11.8. The van der Waals surface area contributed by atoms with E-state index in [1.54, 1.807) is 6.07 Å². The number of aromatic nitrogens is 2. The molecule has 2 rings (SSSR count). The molecule has 2 aromatic rings. The molecule has 0 aliphatic heterocycles. The summed E-state index contributed by atoms with van der Waals surface area (Å²) in [5, 5.41) is 9.31. The van der Waals surface area contributed by atoms with Gasteiger partial charge in [0.15, 0.2) is 0 Å². The van der Waals surface area contributed by atoms with Crippen LogP contribution >= 0.6 is 0 Å². The normalized spacial score (nSPS) is 10.9. The van der Waals surface area contributed by atoms with Crippen LogP contribution < -0.4 is 10.6 Å². The van der Waals surface area contributed by atoms with Crippen molar-refractivity contribution < 1.29 is 5.11 Å². The van der Waals surface area contributed by atoms with Gasteiger partial charge in [0.05, 0.1) is 6.61 Å².